The number of hydrogen-bond acceptors (Lipinski definition) is 3. The Kier molecular flexibility index (Phi) is 5.23. The molecule has 0 aromatic heterocycles. The van der Waals surface area contributed by atoms with Gasteiger partial charge in [-0.25, -0.2) is 0 Å². The van der Waals surface area contributed by atoms with Gasteiger partial charge in [-0.3, -0.25) is 9.59 Å². The van der Waals surface area contributed by atoms with Crippen molar-refractivity contribution in [3.8, 4) is 0 Å². The quantitative estimate of drug-likeness (QED) is 0.936. The summed E-state index contributed by atoms with van der Waals surface area (Å²) >= 11 is 0. The monoisotopic (exact) mass is 324 g/mol. The van der Waals surface area contributed by atoms with Crippen LogP contribution in [0.2, 0.25) is 0 Å². The average molecular weight is 324 g/mol. The molecule has 2 aromatic rings. The fourth-order valence-corrected chi connectivity index (χ4v) is 2.80. The SMILES string of the molecule is O=C(NCC(=O)N1CCOCC1c1ccccc1)c1ccccc1. The maximum absolute atomic E-state index is 12.6. The maximum atomic E-state index is 12.6. The second-order valence-corrected chi connectivity index (χ2v) is 5.64. The zero-order valence-corrected chi connectivity index (χ0v) is 13.4. The van der Waals surface area contributed by atoms with Crippen molar-refractivity contribution in [3.05, 3.63) is 71.8 Å². The molecule has 1 heterocycles. The first-order valence-electron chi connectivity index (χ1n) is 8.01. The topological polar surface area (TPSA) is 58.6 Å². The molecule has 24 heavy (non-hydrogen) atoms. The second-order valence-electron chi connectivity index (χ2n) is 5.64. The van der Waals surface area contributed by atoms with Crippen LogP contribution in [-0.2, 0) is 9.53 Å². The minimum atomic E-state index is -0.242. The van der Waals surface area contributed by atoms with Crippen LogP contribution < -0.4 is 5.32 Å². The van der Waals surface area contributed by atoms with Crippen LogP contribution in [0.4, 0.5) is 0 Å². The highest BCUT2D eigenvalue weighted by atomic mass is 16.5. The Labute approximate surface area is 141 Å². The largest absolute Gasteiger partial charge is 0.377 e. The molecule has 1 aliphatic rings. The lowest BCUT2D eigenvalue weighted by Crippen LogP contribution is -2.47. The number of ether oxygens (including phenoxy) is 1. The van der Waals surface area contributed by atoms with Crippen LogP contribution in [0.5, 0.6) is 0 Å². The van der Waals surface area contributed by atoms with Gasteiger partial charge in [0.2, 0.25) is 5.91 Å². The molecule has 1 atom stereocenters. The van der Waals surface area contributed by atoms with E-state index in [0.29, 0.717) is 25.3 Å². The third-order valence-electron chi connectivity index (χ3n) is 4.07. The molecule has 1 saturated heterocycles. The molecule has 0 bridgehead atoms. The van der Waals surface area contributed by atoms with Crippen LogP contribution >= 0.6 is 0 Å². The number of nitrogens with zero attached hydrogens (tertiary/aromatic N) is 1. The summed E-state index contributed by atoms with van der Waals surface area (Å²) in [6.45, 7) is 1.50. The number of carbonyl (C=O) groups excluding carboxylic acids is 2. The van der Waals surface area contributed by atoms with Crippen molar-refractivity contribution >= 4 is 11.8 Å². The van der Waals surface area contributed by atoms with E-state index in [1.807, 2.05) is 36.4 Å². The van der Waals surface area contributed by atoms with Gasteiger partial charge in [-0.15, -0.1) is 0 Å². The minimum Gasteiger partial charge on any atom is -0.377 e. The predicted molar refractivity (Wildman–Crippen MR) is 90.5 cm³/mol. The van der Waals surface area contributed by atoms with Gasteiger partial charge in [0.1, 0.15) is 0 Å². The predicted octanol–water partition coefficient (Wildman–Crippen LogP) is 2.02. The molecule has 1 fully saturated rings. The van der Waals surface area contributed by atoms with Gasteiger partial charge in [0, 0.05) is 12.1 Å². The molecular weight excluding hydrogens is 304 g/mol. The van der Waals surface area contributed by atoms with Crippen LogP contribution in [0, 0.1) is 0 Å². The van der Waals surface area contributed by atoms with Crippen LogP contribution in [0.3, 0.4) is 0 Å². The highest BCUT2D eigenvalue weighted by Gasteiger charge is 2.28. The van der Waals surface area contributed by atoms with E-state index in [1.165, 1.54) is 0 Å². The van der Waals surface area contributed by atoms with E-state index in [-0.39, 0.29) is 24.4 Å². The van der Waals surface area contributed by atoms with E-state index >= 15 is 0 Å². The fraction of sp³-hybridized carbons (Fsp3) is 0.263. The molecule has 1 N–H and O–H groups in total. The molecule has 0 radical (unpaired) electrons. The number of morpholine rings is 1. The van der Waals surface area contributed by atoms with Crippen molar-refractivity contribution in [3.63, 3.8) is 0 Å². The highest BCUT2D eigenvalue weighted by molar-refractivity contribution is 5.96. The van der Waals surface area contributed by atoms with Crippen molar-refractivity contribution in [1.29, 1.82) is 0 Å². The van der Waals surface area contributed by atoms with E-state index < -0.39 is 0 Å². The molecule has 1 aliphatic heterocycles. The standard InChI is InChI=1S/C19H20N2O3/c22-18(13-20-19(23)16-9-5-2-6-10-16)21-11-12-24-14-17(21)15-7-3-1-4-8-15/h1-10,17H,11-14H2,(H,20,23). The third kappa shape index (κ3) is 3.81. The molecular formula is C19H20N2O3. The molecule has 2 amide bonds. The number of hydrogen-bond donors (Lipinski definition) is 1. The van der Waals surface area contributed by atoms with Crippen molar-refractivity contribution in [2.75, 3.05) is 26.3 Å². The zero-order chi connectivity index (χ0) is 16.8. The molecule has 2 aromatic carbocycles. The Morgan fingerprint density at radius 3 is 2.42 bits per heavy atom. The first-order chi connectivity index (χ1) is 11.8. The van der Waals surface area contributed by atoms with Gasteiger partial charge < -0.3 is 15.0 Å². The van der Waals surface area contributed by atoms with Gasteiger partial charge in [0.15, 0.2) is 0 Å². The van der Waals surface area contributed by atoms with Gasteiger partial charge in [0.05, 0.1) is 25.8 Å². The lowest BCUT2D eigenvalue weighted by Gasteiger charge is -2.36. The number of amides is 2. The summed E-state index contributed by atoms with van der Waals surface area (Å²) in [6.07, 6.45) is 0. The summed E-state index contributed by atoms with van der Waals surface area (Å²) in [7, 11) is 0. The summed E-state index contributed by atoms with van der Waals surface area (Å²) < 4.78 is 5.53. The average Bonchev–Trinajstić information content (AvgIpc) is 2.67. The molecule has 3 rings (SSSR count). The van der Waals surface area contributed by atoms with Crippen LogP contribution in [0.1, 0.15) is 22.0 Å². The highest BCUT2D eigenvalue weighted by Crippen LogP contribution is 2.23. The Morgan fingerprint density at radius 1 is 1.04 bits per heavy atom. The summed E-state index contributed by atoms with van der Waals surface area (Å²) in [5.41, 5.74) is 1.59. The van der Waals surface area contributed by atoms with Gasteiger partial charge >= 0.3 is 0 Å². The van der Waals surface area contributed by atoms with Gasteiger partial charge in [-0.1, -0.05) is 48.5 Å². The van der Waals surface area contributed by atoms with Gasteiger partial charge in [0.25, 0.3) is 5.91 Å². The first-order valence-corrected chi connectivity index (χ1v) is 8.01. The van der Waals surface area contributed by atoms with Crippen molar-refractivity contribution < 1.29 is 14.3 Å². The zero-order valence-electron chi connectivity index (χ0n) is 13.4. The lowest BCUT2D eigenvalue weighted by molar-refractivity contribution is -0.139. The third-order valence-corrected chi connectivity index (χ3v) is 4.07. The Bertz CT molecular complexity index is 688. The van der Waals surface area contributed by atoms with E-state index in [9.17, 15) is 9.59 Å². The van der Waals surface area contributed by atoms with Crippen molar-refractivity contribution in [1.82, 2.24) is 10.2 Å². The van der Waals surface area contributed by atoms with E-state index in [4.69, 9.17) is 4.74 Å². The summed E-state index contributed by atoms with van der Waals surface area (Å²) in [4.78, 5) is 26.4. The Morgan fingerprint density at radius 2 is 1.71 bits per heavy atom. The van der Waals surface area contributed by atoms with Crippen molar-refractivity contribution in [2.24, 2.45) is 0 Å². The van der Waals surface area contributed by atoms with Crippen LogP contribution in [-0.4, -0.2) is 43.0 Å². The Balaban J connectivity index is 1.63. The molecule has 0 saturated carbocycles. The fourth-order valence-electron chi connectivity index (χ4n) is 2.80. The first kappa shape index (κ1) is 16.2. The maximum Gasteiger partial charge on any atom is 0.251 e. The number of benzene rings is 2. The molecule has 1 unspecified atom stereocenters. The van der Waals surface area contributed by atoms with Gasteiger partial charge in [-0.05, 0) is 17.7 Å². The Hall–Kier alpha value is -2.66. The minimum absolute atomic E-state index is 0.0168. The van der Waals surface area contributed by atoms with E-state index in [0.717, 1.165) is 5.56 Å². The number of carbonyl (C=O) groups is 2. The van der Waals surface area contributed by atoms with Crippen LogP contribution in [0.15, 0.2) is 60.7 Å². The lowest BCUT2D eigenvalue weighted by atomic mass is 10.0. The summed E-state index contributed by atoms with van der Waals surface area (Å²) in [5.74, 6) is -0.343. The smallest absolute Gasteiger partial charge is 0.251 e. The van der Waals surface area contributed by atoms with Gasteiger partial charge in [-0.2, -0.15) is 0 Å². The molecule has 5 nitrogen and oxygen atoms in total. The molecule has 5 heteroatoms. The summed E-state index contributed by atoms with van der Waals surface area (Å²) in [6, 6.07) is 18.6. The van der Waals surface area contributed by atoms with Crippen LogP contribution in [0.25, 0.3) is 0 Å². The molecule has 0 spiro atoms. The van der Waals surface area contributed by atoms with Crippen molar-refractivity contribution in [2.45, 2.75) is 6.04 Å². The number of rotatable bonds is 4. The molecule has 0 aliphatic carbocycles. The summed E-state index contributed by atoms with van der Waals surface area (Å²) in [5, 5.41) is 2.70. The van der Waals surface area contributed by atoms with E-state index in [1.54, 1.807) is 29.2 Å². The van der Waals surface area contributed by atoms with E-state index in [2.05, 4.69) is 5.32 Å². The normalized spacial score (nSPS) is 17.3. The second kappa shape index (κ2) is 7.75. The number of nitrogens with one attached hydrogen (secondary N) is 1. The molecule has 124 valence electrons.